The first kappa shape index (κ1) is 23.4. The largest absolute Gasteiger partial charge is 0.490 e. The molecule has 0 aromatic heterocycles. The van der Waals surface area contributed by atoms with Crippen molar-refractivity contribution in [2.45, 2.75) is 46.0 Å². The Morgan fingerprint density at radius 1 is 1.07 bits per heavy atom. The highest BCUT2D eigenvalue weighted by atomic mass is 19.4. The third-order valence-corrected chi connectivity index (χ3v) is 4.28. The molecule has 30 heavy (non-hydrogen) atoms. The second-order valence-electron chi connectivity index (χ2n) is 7.09. The zero-order valence-electron chi connectivity index (χ0n) is 16.9. The number of hydrogen-bond donors (Lipinski definition) is 1. The van der Waals surface area contributed by atoms with Gasteiger partial charge in [0.15, 0.2) is 0 Å². The minimum Gasteiger partial charge on any atom is -0.490 e. The SMILES string of the molecule is Cc1c(F)cc([C@@H](C)NC(=O)/C=C/c2ccc(C(F)(F)F)cc2OC(C)C)cc1F. The van der Waals surface area contributed by atoms with E-state index in [2.05, 4.69) is 5.32 Å². The molecule has 2 aromatic carbocycles. The first-order valence-corrected chi connectivity index (χ1v) is 9.20. The van der Waals surface area contributed by atoms with Crippen LogP contribution in [0.25, 0.3) is 6.08 Å². The van der Waals surface area contributed by atoms with Crippen LogP contribution in [-0.4, -0.2) is 12.0 Å². The van der Waals surface area contributed by atoms with Crippen molar-refractivity contribution in [1.82, 2.24) is 5.32 Å². The molecular weight excluding hydrogens is 405 g/mol. The van der Waals surface area contributed by atoms with E-state index in [-0.39, 0.29) is 28.5 Å². The molecule has 0 heterocycles. The lowest BCUT2D eigenvalue weighted by Gasteiger charge is -2.16. The van der Waals surface area contributed by atoms with Crippen LogP contribution in [0.15, 0.2) is 36.4 Å². The molecule has 0 bridgehead atoms. The average molecular weight is 427 g/mol. The summed E-state index contributed by atoms with van der Waals surface area (Å²) in [6.07, 6.45) is -2.47. The Labute approximate surface area is 171 Å². The van der Waals surface area contributed by atoms with Crippen molar-refractivity contribution in [1.29, 1.82) is 0 Å². The highest BCUT2D eigenvalue weighted by Gasteiger charge is 2.31. The van der Waals surface area contributed by atoms with Crippen LogP contribution in [0.4, 0.5) is 22.0 Å². The minimum absolute atomic E-state index is 0.0143. The summed E-state index contributed by atoms with van der Waals surface area (Å²) in [5.74, 6) is -2.04. The fraction of sp³-hybridized carbons (Fsp3) is 0.318. The number of benzene rings is 2. The Morgan fingerprint density at radius 2 is 1.67 bits per heavy atom. The molecule has 0 fully saturated rings. The van der Waals surface area contributed by atoms with E-state index in [0.717, 1.165) is 30.3 Å². The molecule has 3 nitrogen and oxygen atoms in total. The molecule has 0 saturated heterocycles. The highest BCUT2D eigenvalue weighted by molar-refractivity contribution is 5.92. The first-order chi connectivity index (χ1) is 13.9. The third-order valence-electron chi connectivity index (χ3n) is 4.28. The number of hydrogen-bond acceptors (Lipinski definition) is 2. The van der Waals surface area contributed by atoms with Crippen molar-refractivity contribution >= 4 is 12.0 Å². The van der Waals surface area contributed by atoms with E-state index in [1.165, 1.54) is 19.1 Å². The monoisotopic (exact) mass is 427 g/mol. The number of alkyl halides is 3. The van der Waals surface area contributed by atoms with Crippen molar-refractivity contribution in [2.75, 3.05) is 0 Å². The van der Waals surface area contributed by atoms with E-state index in [0.29, 0.717) is 0 Å². The molecule has 0 saturated carbocycles. The lowest BCUT2D eigenvalue weighted by molar-refractivity contribution is -0.137. The van der Waals surface area contributed by atoms with E-state index in [4.69, 9.17) is 4.74 Å². The van der Waals surface area contributed by atoms with Gasteiger partial charge >= 0.3 is 6.18 Å². The summed E-state index contributed by atoms with van der Waals surface area (Å²) in [6, 6.07) is 4.56. The molecule has 0 aliphatic rings. The van der Waals surface area contributed by atoms with Crippen molar-refractivity contribution in [3.8, 4) is 5.75 Å². The predicted molar refractivity (Wildman–Crippen MR) is 104 cm³/mol. The maximum absolute atomic E-state index is 13.7. The highest BCUT2D eigenvalue weighted by Crippen LogP contribution is 2.34. The van der Waals surface area contributed by atoms with Gasteiger partial charge in [-0.05, 0) is 63.6 Å². The fourth-order valence-corrected chi connectivity index (χ4v) is 2.63. The maximum Gasteiger partial charge on any atom is 0.416 e. The Morgan fingerprint density at radius 3 is 2.20 bits per heavy atom. The molecule has 0 aliphatic carbocycles. The van der Waals surface area contributed by atoms with Gasteiger partial charge in [-0.25, -0.2) is 8.78 Å². The van der Waals surface area contributed by atoms with Crippen LogP contribution in [0.1, 0.15) is 49.1 Å². The van der Waals surface area contributed by atoms with Gasteiger partial charge in [-0.3, -0.25) is 4.79 Å². The zero-order chi connectivity index (χ0) is 22.6. The summed E-state index contributed by atoms with van der Waals surface area (Å²) in [5.41, 5.74) is -0.448. The van der Waals surface area contributed by atoms with Gasteiger partial charge in [-0.1, -0.05) is 6.07 Å². The van der Waals surface area contributed by atoms with Gasteiger partial charge in [-0.15, -0.1) is 0 Å². The van der Waals surface area contributed by atoms with E-state index < -0.39 is 35.3 Å². The number of amides is 1. The predicted octanol–water partition coefficient (Wildman–Crippen LogP) is 5.97. The van der Waals surface area contributed by atoms with Crippen LogP contribution in [0, 0.1) is 18.6 Å². The van der Waals surface area contributed by atoms with Crippen molar-refractivity contribution in [2.24, 2.45) is 0 Å². The van der Waals surface area contributed by atoms with Gasteiger partial charge < -0.3 is 10.1 Å². The van der Waals surface area contributed by atoms with Crippen molar-refractivity contribution < 1.29 is 31.5 Å². The standard InChI is InChI=1S/C22H22F5NO2/c1-12(2)30-20-11-17(22(25,26)27)7-5-15(20)6-8-21(29)28-14(4)16-9-18(23)13(3)19(24)10-16/h5-12,14H,1-4H3,(H,28,29)/b8-6+/t14-/m1/s1. The number of rotatable bonds is 6. The molecule has 1 amide bonds. The summed E-state index contributed by atoms with van der Waals surface area (Å²) in [7, 11) is 0. The average Bonchev–Trinajstić information content (AvgIpc) is 2.63. The molecule has 0 aliphatic heterocycles. The molecule has 1 N–H and O–H groups in total. The number of ether oxygens (including phenoxy) is 1. The lowest BCUT2D eigenvalue weighted by Crippen LogP contribution is -2.25. The zero-order valence-corrected chi connectivity index (χ0v) is 16.9. The summed E-state index contributed by atoms with van der Waals surface area (Å²) < 4.78 is 71.7. The Kier molecular flexibility index (Phi) is 7.23. The third kappa shape index (κ3) is 6.05. The van der Waals surface area contributed by atoms with Gasteiger partial charge in [0.05, 0.1) is 17.7 Å². The molecule has 0 unspecified atom stereocenters. The fourth-order valence-electron chi connectivity index (χ4n) is 2.63. The van der Waals surface area contributed by atoms with Gasteiger partial charge in [0, 0.05) is 17.2 Å². The number of carbonyl (C=O) groups is 1. The van der Waals surface area contributed by atoms with Crippen LogP contribution in [0.5, 0.6) is 5.75 Å². The molecule has 2 rings (SSSR count). The first-order valence-electron chi connectivity index (χ1n) is 9.20. The molecule has 8 heteroatoms. The molecule has 162 valence electrons. The van der Waals surface area contributed by atoms with Gasteiger partial charge in [-0.2, -0.15) is 13.2 Å². The molecule has 0 radical (unpaired) electrons. The lowest BCUT2D eigenvalue weighted by atomic mass is 10.1. The van der Waals surface area contributed by atoms with E-state index in [1.54, 1.807) is 20.8 Å². The Balaban J connectivity index is 2.19. The summed E-state index contributed by atoms with van der Waals surface area (Å²) in [4.78, 5) is 12.2. The maximum atomic E-state index is 13.7. The Hall–Kier alpha value is -2.90. The smallest absolute Gasteiger partial charge is 0.416 e. The van der Waals surface area contributed by atoms with E-state index in [1.807, 2.05) is 0 Å². The number of nitrogens with one attached hydrogen (secondary N) is 1. The van der Waals surface area contributed by atoms with Gasteiger partial charge in [0.1, 0.15) is 17.4 Å². The van der Waals surface area contributed by atoms with E-state index >= 15 is 0 Å². The second-order valence-corrected chi connectivity index (χ2v) is 7.09. The second kappa shape index (κ2) is 9.28. The van der Waals surface area contributed by atoms with Crippen molar-refractivity contribution in [3.05, 3.63) is 70.3 Å². The summed E-state index contributed by atoms with van der Waals surface area (Å²) in [6.45, 7) is 6.20. The molecular formula is C22H22F5NO2. The van der Waals surface area contributed by atoms with Crippen LogP contribution in [0.3, 0.4) is 0 Å². The molecule has 0 spiro atoms. The van der Waals surface area contributed by atoms with Crippen LogP contribution in [-0.2, 0) is 11.0 Å². The summed E-state index contributed by atoms with van der Waals surface area (Å²) >= 11 is 0. The molecule has 2 aromatic rings. The Bertz CT molecular complexity index is 928. The topological polar surface area (TPSA) is 38.3 Å². The van der Waals surface area contributed by atoms with Gasteiger partial charge in [0.25, 0.3) is 0 Å². The quantitative estimate of drug-likeness (QED) is 0.456. The number of carbonyl (C=O) groups excluding carboxylic acids is 1. The normalized spacial score (nSPS) is 13.0. The van der Waals surface area contributed by atoms with Crippen molar-refractivity contribution in [3.63, 3.8) is 0 Å². The van der Waals surface area contributed by atoms with Crippen LogP contribution < -0.4 is 10.1 Å². The molecule has 1 atom stereocenters. The number of halogens is 5. The minimum atomic E-state index is -4.53. The van der Waals surface area contributed by atoms with E-state index in [9.17, 15) is 26.7 Å². The van der Waals surface area contributed by atoms with Crippen LogP contribution in [0.2, 0.25) is 0 Å². The van der Waals surface area contributed by atoms with Gasteiger partial charge in [0.2, 0.25) is 5.91 Å². The summed E-state index contributed by atoms with van der Waals surface area (Å²) in [5, 5.41) is 2.56. The van der Waals surface area contributed by atoms with Crippen LogP contribution >= 0.6 is 0 Å².